The van der Waals surface area contributed by atoms with Crippen molar-refractivity contribution >= 4 is 17.7 Å². The van der Waals surface area contributed by atoms with E-state index in [0.717, 1.165) is 13.0 Å². The molecule has 1 aliphatic heterocycles. The summed E-state index contributed by atoms with van der Waals surface area (Å²) in [5.41, 5.74) is 0. The van der Waals surface area contributed by atoms with Crippen LogP contribution in [0.25, 0.3) is 0 Å². The summed E-state index contributed by atoms with van der Waals surface area (Å²) in [5, 5.41) is 3.77. The van der Waals surface area contributed by atoms with E-state index in [1.54, 1.807) is 0 Å². The molecule has 1 rings (SSSR count). The van der Waals surface area contributed by atoms with Crippen molar-refractivity contribution in [3.63, 3.8) is 0 Å². The number of carbonyl (C=O) groups excluding carboxylic acids is 1. The highest BCUT2D eigenvalue weighted by molar-refractivity contribution is 7.99. The van der Waals surface area contributed by atoms with Gasteiger partial charge in [0, 0.05) is 11.8 Å². The summed E-state index contributed by atoms with van der Waals surface area (Å²) in [6, 6.07) is 0. The van der Waals surface area contributed by atoms with Gasteiger partial charge in [0.2, 0.25) is 5.91 Å². The van der Waals surface area contributed by atoms with Gasteiger partial charge in [-0.2, -0.15) is 11.8 Å². The lowest BCUT2D eigenvalue weighted by Gasteiger charge is -2.22. The highest BCUT2D eigenvalue weighted by Crippen LogP contribution is 2.12. The second kappa shape index (κ2) is 4.86. The molecule has 0 bridgehead atoms. The van der Waals surface area contributed by atoms with E-state index in [1.165, 1.54) is 0 Å². The van der Waals surface area contributed by atoms with Gasteiger partial charge in [0.25, 0.3) is 0 Å². The van der Waals surface area contributed by atoms with E-state index in [1.807, 2.05) is 23.6 Å². The van der Waals surface area contributed by atoms with Crippen LogP contribution in [0, 0.1) is 0 Å². The number of hydrogen-bond donors (Lipinski definition) is 1. The Morgan fingerprint density at radius 3 is 2.92 bits per heavy atom. The van der Waals surface area contributed by atoms with Gasteiger partial charge in [-0.05, 0) is 19.6 Å². The summed E-state index contributed by atoms with van der Waals surface area (Å²) in [6.45, 7) is 5.63. The average molecular weight is 202 g/mol. The minimum absolute atomic E-state index is 0.224. The van der Waals surface area contributed by atoms with Gasteiger partial charge < -0.3 is 4.90 Å². The van der Waals surface area contributed by atoms with Crippen LogP contribution in [-0.4, -0.2) is 41.6 Å². The van der Waals surface area contributed by atoms with Crippen molar-refractivity contribution in [3.05, 3.63) is 0 Å². The third kappa shape index (κ3) is 2.88. The van der Waals surface area contributed by atoms with Crippen LogP contribution < -0.4 is 5.32 Å². The first-order chi connectivity index (χ1) is 6.15. The number of carbonyl (C=O) groups is 1. The van der Waals surface area contributed by atoms with Crippen LogP contribution in [0.15, 0.2) is 0 Å². The first kappa shape index (κ1) is 10.9. The van der Waals surface area contributed by atoms with Crippen LogP contribution in [0.2, 0.25) is 0 Å². The molecule has 2 unspecified atom stereocenters. The molecule has 1 fully saturated rings. The molecule has 0 aromatic rings. The fourth-order valence-corrected chi connectivity index (χ4v) is 1.76. The van der Waals surface area contributed by atoms with Gasteiger partial charge in [0.15, 0.2) is 0 Å². The van der Waals surface area contributed by atoms with Gasteiger partial charge >= 0.3 is 0 Å². The summed E-state index contributed by atoms with van der Waals surface area (Å²) >= 11 is 1.85. The van der Waals surface area contributed by atoms with E-state index in [0.29, 0.717) is 11.8 Å². The molecule has 1 aliphatic rings. The fraction of sp³-hybridized carbons (Fsp3) is 0.889. The zero-order chi connectivity index (χ0) is 9.84. The molecular weight excluding hydrogens is 184 g/mol. The first-order valence-corrected chi connectivity index (χ1v) is 5.99. The Labute approximate surface area is 84.2 Å². The number of amides is 1. The summed E-state index contributed by atoms with van der Waals surface area (Å²) in [5.74, 6) is 0.237. The zero-order valence-corrected chi connectivity index (χ0v) is 9.36. The Balaban J connectivity index is 2.31. The Hall–Kier alpha value is -0.220. The number of thioether (sulfide) groups is 1. The van der Waals surface area contributed by atoms with Gasteiger partial charge in [-0.25, -0.2) is 0 Å². The third-order valence-corrected chi connectivity index (χ3v) is 3.56. The van der Waals surface area contributed by atoms with Gasteiger partial charge in [0.05, 0.1) is 12.7 Å². The predicted octanol–water partition coefficient (Wildman–Crippen LogP) is 0.906. The molecule has 2 atom stereocenters. The summed E-state index contributed by atoms with van der Waals surface area (Å²) in [4.78, 5) is 13.3. The van der Waals surface area contributed by atoms with Crippen molar-refractivity contribution in [2.24, 2.45) is 0 Å². The van der Waals surface area contributed by atoms with E-state index < -0.39 is 0 Å². The van der Waals surface area contributed by atoms with E-state index in [4.69, 9.17) is 0 Å². The maximum Gasteiger partial charge on any atom is 0.237 e. The van der Waals surface area contributed by atoms with Crippen molar-refractivity contribution in [3.8, 4) is 0 Å². The highest BCUT2D eigenvalue weighted by Gasteiger charge is 2.26. The van der Waals surface area contributed by atoms with Crippen LogP contribution in [0.4, 0.5) is 0 Å². The standard InChI is InChI=1S/C9H18N2OS/c1-7(13-3)4-5-11-8(2)10-6-9(11)12/h7-8,10H,4-6H2,1-3H3. The molecule has 0 aliphatic carbocycles. The summed E-state index contributed by atoms with van der Waals surface area (Å²) in [6.07, 6.45) is 3.42. The smallest absolute Gasteiger partial charge is 0.237 e. The van der Waals surface area contributed by atoms with Crippen molar-refractivity contribution in [1.82, 2.24) is 10.2 Å². The molecule has 1 heterocycles. The molecule has 1 N–H and O–H groups in total. The minimum Gasteiger partial charge on any atom is -0.326 e. The van der Waals surface area contributed by atoms with Crippen LogP contribution in [0.3, 0.4) is 0 Å². The molecule has 3 nitrogen and oxygen atoms in total. The predicted molar refractivity (Wildman–Crippen MR) is 56.8 cm³/mol. The monoisotopic (exact) mass is 202 g/mol. The van der Waals surface area contributed by atoms with E-state index in [-0.39, 0.29) is 12.1 Å². The summed E-state index contributed by atoms with van der Waals surface area (Å²) < 4.78 is 0. The van der Waals surface area contributed by atoms with Gasteiger partial charge in [-0.3, -0.25) is 10.1 Å². The number of nitrogens with one attached hydrogen (secondary N) is 1. The SMILES string of the molecule is CSC(C)CCN1C(=O)CNC1C. The molecule has 0 aromatic carbocycles. The maximum atomic E-state index is 11.3. The average Bonchev–Trinajstić information content (AvgIpc) is 2.43. The van der Waals surface area contributed by atoms with E-state index in [2.05, 4.69) is 18.5 Å². The normalized spacial score (nSPS) is 25.3. The maximum absolute atomic E-state index is 11.3. The molecule has 0 spiro atoms. The van der Waals surface area contributed by atoms with Crippen molar-refractivity contribution in [2.45, 2.75) is 31.7 Å². The Morgan fingerprint density at radius 1 is 1.77 bits per heavy atom. The molecule has 0 radical (unpaired) electrons. The van der Waals surface area contributed by atoms with E-state index in [9.17, 15) is 4.79 Å². The second-order valence-corrected chi connectivity index (χ2v) is 4.76. The van der Waals surface area contributed by atoms with E-state index >= 15 is 0 Å². The van der Waals surface area contributed by atoms with Gasteiger partial charge in [-0.15, -0.1) is 0 Å². The topological polar surface area (TPSA) is 32.3 Å². The fourth-order valence-electron chi connectivity index (χ4n) is 1.42. The van der Waals surface area contributed by atoms with Gasteiger partial charge in [-0.1, -0.05) is 6.92 Å². The molecule has 13 heavy (non-hydrogen) atoms. The van der Waals surface area contributed by atoms with Crippen molar-refractivity contribution in [2.75, 3.05) is 19.3 Å². The lowest BCUT2D eigenvalue weighted by Crippen LogP contribution is -2.36. The van der Waals surface area contributed by atoms with Crippen LogP contribution in [0.1, 0.15) is 20.3 Å². The number of rotatable bonds is 4. The third-order valence-electron chi connectivity index (χ3n) is 2.52. The Kier molecular flexibility index (Phi) is 4.06. The van der Waals surface area contributed by atoms with Crippen molar-refractivity contribution in [1.29, 1.82) is 0 Å². The number of hydrogen-bond acceptors (Lipinski definition) is 3. The zero-order valence-electron chi connectivity index (χ0n) is 8.54. The van der Waals surface area contributed by atoms with Crippen LogP contribution in [-0.2, 0) is 4.79 Å². The molecule has 0 saturated carbocycles. The van der Waals surface area contributed by atoms with Crippen molar-refractivity contribution < 1.29 is 4.79 Å². The second-order valence-electron chi connectivity index (χ2n) is 3.48. The van der Waals surface area contributed by atoms with Gasteiger partial charge in [0.1, 0.15) is 0 Å². The Bertz CT molecular complexity index is 186. The molecule has 1 saturated heterocycles. The molecule has 0 aromatic heterocycles. The molecule has 4 heteroatoms. The molecule has 1 amide bonds. The minimum atomic E-state index is 0.224. The lowest BCUT2D eigenvalue weighted by atomic mass is 10.3. The quantitative estimate of drug-likeness (QED) is 0.735. The number of nitrogens with zero attached hydrogens (tertiary/aromatic N) is 1. The van der Waals surface area contributed by atoms with Crippen LogP contribution >= 0.6 is 11.8 Å². The largest absolute Gasteiger partial charge is 0.326 e. The molecule has 76 valence electrons. The summed E-state index contributed by atoms with van der Waals surface area (Å²) in [7, 11) is 0. The first-order valence-electron chi connectivity index (χ1n) is 4.70. The lowest BCUT2D eigenvalue weighted by molar-refractivity contribution is -0.127. The Morgan fingerprint density at radius 2 is 2.46 bits per heavy atom. The molecular formula is C9H18N2OS. The highest BCUT2D eigenvalue weighted by atomic mass is 32.2. The van der Waals surface area contributed by atoms with Crippen LogP contribution in [0.5, 0.6) is 0 Å².